The van der Waals surface area contributed by atoms with Crippen LogP contribution in [0.5, 0.6) is 0 Å². The van der Waals surface area contributed by atoms with Crippen molar-refractivity contribution in [1.82, 2.24) is 0 Å². The van der Waals surface area contributed by atoms with Gasteiger partial charge in [0.15, 0.2) is 0 Å². The molecular formula is C13H13F2NO. The minimum atomic E-state index is -0.589. The third-order valence-electron chi connectivity index (χ3n) is 2.58. The number of benzene rings is 1. The molecule has 1 aromatic carbocycles. The number of rotatable bonds is 3. The lowest BCUT2D eigenvalue weighted by Crippen LogP contribution is -2.13. The van der Waals surface area contributed by atoms with Gasteiger partial charge >= 0.3 is 0 Å². The van der Waals surface area contributed by atoms with Crippen LogP contribution in [0, 0.1) is 18.6 Å². The van der Waals surface area contributed by atoms with Gasteiger partial charge in [0.25, 0.3) is 0 Å². The van der Waals surface area contributed by atoms with E-state index in [1.807, 2.05) is 6.92 Å². The van der Waals surface area contributed by atoms with Crippen LogP contribution in [0.1, 0.15) is 23.1 Å². The maximum Gasteiger partial charge on any atom is 0.129 e. The van der Waals surface area contributed by atoms with E-state index >= 15 is 0 Å². The molecule has 2 nitrogen and oxygen atoms in total. The molecular weight excluding hydrogens is 224 g/mol. The van der Waals surface area contributed by atoms with Crippen LogP contribution in [0.2, 0.25) is 0 Å². The minimum Gasteiger partial charge on any atom is -0.465 e. The van der Waals surface area contributed by atoms with Crippen LogP contribution in [-0.2, 0) is 6.42 Å². The largest absolute Gasteiger partial charge is 0.465 e. The second-order valence-electron chi connectivity index (χ2n) is 3.99. The summed E-state index contributed by atoms with van der Waals surface area (Å²) in [5.74, 6) is 0.193. The summed E-state index contributed by atoms with van der Waals surface area (Å²) in [7, 11) is 0. The molecule has 1 heterocycles. The minimum absolute atomic E-state index is 0.277. The first-order chi connectivity index (χ1) is 8.06. The lowest BCUT2D eigenvalue weighted by atomic mass is 10.0. The molecule has 0 fully saturated rings. The van der Waals surface area contributed by atoms with Crippen LogP contribution in [0.25, 0.3) is 0 Å². The zero-order valence-electron chi connectivity index (χ0n) is 9.41. The number of halogens is 2. The summed E-state index contributed by atoms with van der Waals surface area (Å²) < 4.78 is 31.5. The van der Waals surface area contributed by atoms with Crippen LogP contribution in [0.4, 0.5) is 8.78 Å². The number of hydrogen-bond acceptors (Lipinski definition) is 2. The number of aryl methyl sites for hydroxylation is 1. The molecule has 2 aromatic rings. The Morgan fingerprint density at radius 2 is 2.00 bits per heavy atom. The second-order valence-corrected chi connectivity index (χ2v) is 3.99. The molecule has 0 aliphatic heterocycles. The highest BCUT2D eigenvalue weighted by Gasteiger charge is 2.13. The SMILES string of the molecule is Cc1ccc(C(N)Cc2ccc(F)cc2F)o1. The van der Waals surface area contributed by atoms with Gasteiger partial charge in [-0.2, -0.15) is 0 Å². The van der Waals surface area contributed by atoms with Crippen molar-refractivity contribution in [3.05, 3.63) is 59.1 Å². The van der Waals surface area contributed by atoms with E-state index in [0.29, 0.717) is 11.3 Å². The molecule has 0 bridgehead atoms. The van der Waals surface area contributed by atoms with Crippen LogP contribution >= 0.6 is 0 Å². The Hall–Kier alpha value is -1.68. The molecule has 90 valence electrons. The van der Waals surface area contributed by atoms with E-state index < -0.39 is 17.7 Å². The highest BCUT2D eigenvalue weighted by molar-refractivity contribution is 5.21. The van der Waals surface area contributed by atoms with E-state index in [-0.39, 0.29) is 6.42 Å². The first kappa shape index (κ1) is 11.8. The van der Waals surface area contributed by atoms with Crippen molar-refractivity contribution in [2.45, 2.75) is 19.4 Å². The molecule has 2 N–H and O–H groups in total. The molecule has 0 amide bonds. The van der Waals surface area contributed by atoms with Gasteiger partial charge in [0.2, 0.25) is 0 Å². The Labute approximate surface area is 98.0 Å². The van der Waals surface area contributed by atoms with Gasteiger partial charge < -0.3 is 10.2 Å². The van der Waals surface area contributed by atoms with Crippen LogP contribution in [-0.4, -0.2) is 0 Å². The second kappa shape index (κ2) is 4.67. The molecule has 1 unspecified atom stereocenters. The Balaban J connectivity index is 2.15. The molecule has 0 saturated heterocycles. The maximum atomic E-state index is 13.4. The lowest BCUT2D eigenvalue weighted by Gasteiger charge is -2.09. The summed E-state index contributed by atoms with van der Waals surface area (Å²) in [4.78, 5) is 0. The van der Waals surface area contributed by atoms with Crippen LogP contribution in [0.15, 0.2) is 34.7 Å². The first-order valence-corrected chi connectivity index (χ1v) is 5.32. The van der Waals surface area contributed by atoms with E-state index in [0.717, 1.165) is 11.8 Å². The summed E-state index contributed by atoms with van der Waals surface area (Å²) >= 11 is 0. The average molecular weight is 237 g/mol. The van der Waals surface area contributed by atoms with E-state index in [4.69, 9.17) is 10.2 Å². The van der Waals surface area contributed by atoms with Crippen molar-refractivity contribution in [3.63, 3.8) is 0 Å². The predicted molar refractivity (Wildman–Crippen MR) is 60.4 cm³/mol. The van der Waals surface area contributed by atoms with Gasteiger partial charge in [-0.15, -0.1) is 0 Å². The number of furan rings is 1. The van der Waals surface area contributed by atoms with Gasteiger partial charge in [0.05, 0.1) is 6.04 Å². The van der Waals surface area contributed by atoms with E-state index in [1.54, 1.807) is 12.1 Å². The summed E-state index contributed by atoms with van der Waals surface area (Å²) in [6, 6.07) is 6.62. The zero-order valence-corrected chi connectivity index (χ0v) is 9.41. The summed E-state index contributed by atoms with van der Waals surface area (Å²) in [6.07, 6.45) is 0.277. The fraction of sp³-hybridized carbons (Fsp3) is 0.231. The van der Waals surface area contributed by atoms with Gasteiger partial charge in [-0.25, -0.2) is 8.78 Å². The van der Waals surface area contributed by atoms with Crippen molar-refractivity contribution < 1.29 is 13.2 Å². The highest BCUT2D eigenvalue weighted by Crippen LogP contribution is 2.20. The summed E-state index contributed by atoms with van der Waals surface area (Å²) in [5, 5.41) is 0. The van der Waals surface area contributed by atoms with Crippen molar-refractivity contribution >= 4 is 0 Å². The molecule has 4 heteroatoms. The van der Waals surface area contributed by atoms with E-state index in [9.17, 15) is 8.78 Å². The van der Waals surface area contributed by atoms with Crippen LogP contribution < -0.4 is 5.73 Å². The molecule has 0 saturated carbocycles. The van der Waals surface area contributed by atoms with Crippen LogP contribution in [0.3, 0.4) is 0 Å². The molecule has 1 aromatic heterocycles. The van der Waals surface area contributed by atoms with Crippen molar-refractivity contribution in [2.75, 3.05) is 0 Å². The van der Waals surface area contributed by atoms with Gasteiger partial charge in [0.1, 0.15) is 23.2 Å². The molecule has 0 spiro atoms. The highest BCUT2D eigenvalue weighted by atomic mass is 19.1. The quantitative estimate of drug-likeness (QED) is 0.890. The summed E-state index contributed by atoms with van der Waals surface area (Å²) in [5.41, 5.74) is 6.28. The lowest BCUT2D eigenvalue weighted by molar-refractivity contribution is 0.441. The molecule has 0 aliphatic rings. The number of nitrogens with two attached hydrogens (primary N) is 1. The molecule has 17 heavy (non-hydrogen) atoms. The monoisotopic (exact) mass is 237 g/mol. The Bertz CT molecular complexity index is 522. The average Bonchev–Trinajstić information content (AvgIpc) is 2.69. The van der Waals surface area contributed by atoms with Gasteiger partial charge in [0, 0.05) is 6.07 Å². The van der Waals surface area contributed by atoms with Gasteiger partial charge in [-0.3, -0.25) is 0 Å². The van der Waals surface area contributed by atoms with Crippen molar-refractivity contribution in [3.8, 4) is 0 Å². The Morgan fingerprint density at radius 1 is 1.24 bits per heavy atom. The van der Waals surface area contributed by atoms with Crippen molar-refractivity contribution in [1.29, 1.82) is 0 Å². The fourth-order valence-corrected chi connectivity index (χ4v) is 1.68. The molecule has 0 aliphatic carbocycles. The first-order valence-electron chi connectivity index (χ1n) is 5.32. The topological polar surface area (TPSA) is 39.2 Å². The Morgan fingerprint density at radius 3 is 2.59 bits per heavy atom. The van der Waals surface area contributed by atoms with Gasteiger partial charge in [-0.1, -0.05) is 6.07 Å². The smallest absolute Gasteiger partial charge is 0.129 e. The fourth-order valence-electron chi connectivity index (χ4n) is 1.68. The van der Waals surface area contributed by atoms with E-state index in [1.165, 1.54) is 12.1 Å². The Kier molecular flexibility index (Phi) is 3.24. The third-order valence-corrected chi connectivity index (χ3v) is 2.58. The standard InChI is InChI=1S/C13H13F2NO/c1-8-2-5-13(17-8)12(16)6-9-3-4-10(14)7-11(9)15/h2-5,7,12H,6,16H2,1H3. The molecule has 0 radical (unpaired) electrons. The molecule has 1 atom stereocenters. The van der Waals surface area contributed by atoms with E-state index in [2.05, 4.69) is 0 Å². The van der Waals surface area contributed by atoms with Gasteiger partial charge in [-0.05, 0) is 37.1 Å². The molecule has 2 rings (SSSR count). The number of hydrogen-bond donors (Lipinski definition) is 1. The predicted octanol–water partition coefficient (Wildman–Crippen LogP) is 3.11. The zero-order chi connectivity index (χ0) is 12.4. The maximum absolute atomic E-state index is 13.4. The third kappa shape index (κ3) is 2.71. The summed E-state index contributed by atoms with van der Waals surface area (Å²) in [6.45, 7) is 1.81. The normalized spacial score (nSPS) is 12.7. The van der Waals surface area contributed by atoms with Crippen molar-refractivity contribution in [2.24, 2.45) is 5.73 Å².